The minimum atomic E-state index is -1.23. The number of primary amides is 1. The van der Waals surface area contributed by atoms with Gasteiger partial charge in [-0.1, -0.05) is 93.1 Å². The van der Waals surface area contributed by atoms with Gasteiger partial charge in [-0.05, 0) is 34.2 Å². The number of amides is 3. The molecule has 0 bridgehead atoms. The van der Waals surface area contributed by atoms with Crippen LogP contribution in [-0.2, 0) is 41.6 Å². The molecule has 0 saturated heterocycles. The smallest absolute Gasteiger partial charge is 0.289 e. The van der Waals surface area contributed by atoms with Gasteiger partial charge in [0.05, 0.1) is 24.6 Å². The molecular formula is C36H40N4O6. The highest BCUT2D eigenvalue weighted by molar-refractivity contribution is 6.38. The molecule has 3 aromatic rings. The molecule has 1 unspecified atom stereocenters. The highest BCUT2D eigenvalue weighted by atomic mass is 16.2. The first-order valence-electron chi connectivity index (χ1n) is 15.4. The SMILES string of the molecule is CC[C@H](C)C(NC(=O)[C@H](CC#N)CC(=O)Cc1ccccc1)C(=O)C(=O)NCC(=O)C[C@@H](Cc1ccc2ccccc2c1)C(N)=O. The normalized spacial score (nSPS) is 13.4. The van der Waals surface area contributed by atoms with Crippen molar-refractivity contribution in [1.82, 2.24) is 10.6 Å². The van der Waals surface area contributed by atoms with Crippen molar-refractivity contribution in [3.05, 3.63) is 83.9 Å². The Morgan fingerprint density at radius 3 is 2.13 bits per heavy atom. The molecule has 0 aliphatic rings. The lowest BCUT2D eigenvalue weighted by Gasteiger charge is -2.24. The molecule has 240 valence electrons. The molecule has 0 fully saturated rings. The predicted molar refractivity (Wildman–Crippen MR) is 173 cm³/mol. The maximum atomic E-state index is 13.2. The van der Waals surface area contributed by atoms with Crippen LogP contribution in [0.1, 0.15) is 50.7 Å². The monoisotopic (exact) mass is 624 g/mol. The lowest BCUT2D eigenvalue weighted by atomic mass is 9.91. The van der Waals surface area contributed by atoms with Gasteiger partial charge in [0.2, 0.25) is 17.6 Å². The van der Waals surface area contributed by atoms with Crippen molar-refractivity contribution in [1.29, 1.82) is 5.26 Å². The quantitative estimate of drug-likeness (QED) is 0.182. The molecular weight excluding hydrogens is 584 g/mol. The molecule has 3 rings (SSSR count). The van der Waals surface area contributed by atoms with E-state index < -0.39 is 59.6 Å². The first-order valence-corrected chi connectivity index (χ1v) is 15.4. The summed E-state index contributed by atoms with van der Waals surface area (Å²) in [6.45, 7) is 2.97. The lowest BCUT2D eigenvalue weighted by molar-refractivity contribution is -0.142. The van der Waals surface area contributed by atoms with E-state index in [4.69, 9.17) is 5.73 Å². The first-order chi connectivity index (χ1) is 22.0. The van der Waals surface area contributed by atoms with Gasteiger partial charge in [0.25, 0.3) is 5.91 Å². The zero-order valence-electron chi connectivity index (χ0n) is 26.2. The molecule has 0 aromatic heterocycles. The summed E-state index contributed by atoms with van der Waals surface area (Å²) in [5.74, 6) is -6.35. The number of nitrogens with zero attached hydrogens (tertiary/aromatic N) is 1. The standard InChI is InChI=1S/C36H40N4O6/c1-3-23(2)32(40-35(45)28(15-16-37)20-30(41)19-24-9-5-4-6-10-24)33(43)36(46)39-22-31(42)21-29(34(38)44)18-25-13-14-26-11-7-8-12-27(26)17-25/h4-14,17,23,28-29,32H,3,15,18-22H2,1-2H3,(H2,38,44)(H,39,46)(H,40,45)/t23-,28+,29+,32?/m0/s1. The fourth-order valence-corrected chi connectivity index (χ4v) is 5.19. The number of nitriles is 1. The zero-order valence-corrected chi connectivity index (χ0v) is 26.2. The van der Waals surface area contributed by atoms with E-state index in [0.29, 0.717) is 6.42 Å². The van der Waals surface area contributed by atoms with E-state index in [1.165, 1.54) is 0 Å². The fraction of sp³-hybridized carbons (Fsp3) is 0.361. The second-order valence-electron chi connectivity index (χ2n) is 11.6. The molecule has 46 heavy (non-hydrogen) atoms. The van der Waals surface area contributed by atoms with E-state index in [0.717, 1.165) is 21.9 Å². The van der Waals surface area contributed by atoms with Gasteiger partial charge in [-0.15, -0.1) is 0 Å². The van der Waals surface area contributed by atoms with Crippen LogP contribution in [0.5, 0.6) is 0 Å². The van der Waals surface area contributed by atoms with Crippen LogP contribution < -0.4 is 16.4 Å². The summed E-state index contributed by atoms with van der Waals surface area (Å²) in [6.07, 6.45) is 0.103. The maximum absolute atomic E-state index is 13.2. The molecule has 10 nitrogen and oxygen atoms in total. The zero-order chi connectivity index (χ0) is 33.6. The Morgan fingerprint density at radius 1 is 0.826 bits per heavy atom. The molecule has 0 spiro atoms. The van der Waals surface area contributed by atoms with Gasteiger partial charge in [0.15, 0.2) is 5.78 Å². The number of hydrogen-bond acceptors (Lipinski definition) is 7. The second kappa shape index (κ2) is 17.4. The third-order valence-corrected chi connectivity index (χ3v) is 8.06. The number of carbonyl (C=O) groups is 6. The van der Waals surface area contributed by atoms with Crippen molar-refractivity contribution in [2.24, 2.45) is 23.5 Å². The Balaban J connectivity index is 1.59. The summed E-state index contributed by atoms with van der Waals surface area (Å²) >= 11 is 0. The largest absolute Gasteiger partial charge is 0.369 e. The van der Waals surface area contributed by atoms with Gasteiger partial charge in [-0.25, -0.2) is 0 Å². The third-order valence-electron chi connectivity index (χ3n) is 8.06. The van der Waals surface area contributed by atoms with E-state index in [2.05, 4.69) is 10.6 Å². The van der Waals surface area contributed by atoms with Crippen LogP contribution in [0.25, 0.3) is 10.8 Å². The summed E-state index contributed by atoms with van der Waals surface area (Å²) in [5, 5.41) is 16.2. The van der Waals surface area contributed by atoms with Gasteiger partial charge >= 0.3 is 0 Å². The number of nitrogens with one attached hydrogen (secondary N) is 2. The second-order valence-corrected chi connectivity index (χ2v) is 11.6. The predicted octanol–water partition coefficient (Wildman–Crippen LogP) is 3.39. The van der Waals surface area contributed by atoms with Gasteiger partial charge in [-0.3, -0.25) is 28.8 Å². The lowest BCUT2D eigenvalue weighted by Crippen LogP contribution is -2.52. The van der Waals surface area contributed by atoms with Gasteiger partial charge in [0, 0.05) is 31.6 Å². The van der Waals surface area contributed by atoms with Crippen molar-refractivity contribution in [3.63, 3.8) is 0 Å². The average Bonchev–Trinajstić information content (AvgIpc) is 3.05. The average molecular weight is 625 g/mol. The van der Waals surface area contributed by atoms with Crippen LogP contribution in [-0.4, -0.2) is 47.7 Å². The third kappa shape index (κ3) is 10.5. The van der Waals surface area contributed by atoms with Crippen LogP contribution >= 0.6 is 0 Å². The maximum Gasteiger partial charge on any atom is 0.289 e. The van der Waals surface area contributed by atoms with Crippen molar-refractivity contribution in [3.8, 4) is 6.07 Å². The Kier molecular flexibility index (Phi) is 13.3. The number of carbonyl (C=O) groups excluding carboxylic acids is 6. The topological polar surface area (TPSA) is 176 Å². The van der Waals surface area contributed by atoms with E-state index >= 15 is 0 Å². The number of fused-ring (bicyclic) bond motifs is 1. The molecule has 0 saturated carbocycles. The number of benzene rings is 3. The Labute approximate surface area is 268 Å². The van der Waals surface area contributed by atoms with Gasteiger partial charge in [-0.2, -0.15) is 5.26 Å². The van der Waals surface area contributed by atoms with Crippen LogP contribution in [0, 0.1) is 29.1 Å². The highest BCUT2D eigenvalue weighted by Crippen LogP contribution is 2.20. The Bertz CT molecular complexity index is 1610. The van der Waals surface area contributed by atoms with E-state index in [1.807, 2.05) is 54.6 Å². The molecule has 0 aliphatic carbocycles. The molecule has 3 amide bonds. The van der Waals surface area contributed by atoms with E-state index in [9.17, 15) is 34.0 Å². The number of rotatable bonds is 18. The fourth-order valence-electron chi connectivity index (χ4n) is 5.19. The van der Waals surface area contributed by atoms with Crippen molar-refractivity contribution in [2.45, 2.75) is 58.4 Å². The van der Waals surface area contributed by atoms with Crippen molar-refractivity contribution >= 4 is 45.8 Å². The number of hydrogen-bond donors (Lipinski definition) is 3. The minimum Gasteiger partial charge on any atom is -0.369 e. The number of nitrogens with two attached hydrogens (primary N) is 1. The Morgan fingerprint density at radius 2 is 1.48 bits per heavy atom. The first kappa shape index (κ1) is 35.3. The summed E-state index contributed by atoms with van der Waals surface area (Å²) in [4.78, 5) is 76.7. The van der Waals surface area contributed by atoms with Crippen molar-refractivity contribution < 1.29 is 28.8 Å². The van der Waals surface area contributed by atoms with Crippen molar-refractivity contribution in [2.75, 3.05) is 6.54 Å². The van der Waals surface area contributed by atoms with Crippen LogP contribution in [0.4, 0.5) is 0 Å². The van der Waals surface area contributed by atoms with Crippen LogP contribution in [0.15, 0.2) is 72.8 Å². The highest BCUT2D eigenvalue weighted by Gasteiger charge is 2.33. The molecule has 3 aromatic carbocycles. The Hall–Kier alpha value is -5.17. The molecule has 0 radical (unpaired) electrons. The molecule has 0 aliphatic heterocycles. The van der Waals surface area contributed by atoms with Gasteiger partial charge in [0.1, 0.15) is 5.78 Å². The molecule has 4 atom stereocenters. The van der Waals surface area contributed by atoms with Crippen LogP contribution in [0.3, 0.4) is 0 Å². The summed E-state index contributed by atoms with van der Waals surface area (Å²) in [5.41, 5.74) is 7.19. The summed E-state index contributed by atoms with van der Waals surface area (Å²) < 4.78 is 0. The number of ketones is 3. The van der Waals surface area contributed by atoms with E-state index in [1.54, 1.807) is 38.1 Å². The number of Topliss-reactive ketones (excluding diaryl/α,β-unsaturated/α-hetero) is 3. The molecule has 4 N–H and O–H groups in total. The summed E-state index contributed by atoms with van der Waals surface area (Å²) in [7, 11) is 0. The minimum absolute atomic E-state index is 0.0963. The van der Waals surface area contributed by atoms with Gasteiger partial charge < -0.3 is 16.4 Å². The molecule has 0 heterocycles. The molecule has 10 heteroatoms. The van der Waals surface area contributed by atoms with Crippen LogP contribution in [0.2, 0.25) is 0 Å². The summed E-state index contributed by atoms with van der Waals surface area (Å²) in [6, 6.07) is 23.1. The van der Waals surface area contributed by atoms with E-state index in [-0.39, 0.29) is 37.9 Å².